The minimum Gasteiger partial charge on any atom is -0.451 e. The van der Waals surface area contributed by atoms with Gasteiger partial charge in [0.1, 0.15) is 4.88 Å². The Kier molecular flexibility index (Phi) is 3.62. The summed E-state index contributed by atoms with van der Waals surface area (Å²) in [7, 11) is 0. The van der Waals surface area contributed by atoms with Crippen LogP contribution in [0.1, 0.15) is 21.1 Å². The van der Waals surface area contributed by atoms with Crippen molar-refractivity contribution in [3.8, 4) is 10.8 Å². The standard InChI is InChI=1S/C13H10N2O3S2/c1-8-4-6-20-11(8)13(16)17-7-10-14-15-12(18-10)9-3-2-5-19-9/h2-6H,7H2,1H3. The first kappa shape index (κ1) is 13.0. The number of nitrogens with zero attached hydrogens (tertiary/aromatic N) is 2. The Bertz CT molecular complexity index is 716. The van der Waals surface area contributed by atoms with Gasteiger partial charge in [-0.15, -0.1) is 32.9 Å². The summed E-state index contributed by atoms with van der Waals surface area (Å²) >= 11 is 2.87. The lowest BCUT2D eigenvalue weighted by Gasteiger charge is -2.00. The van der Waals surface area contributed by atoms with Crippen molar-refractivity contribution in [1.29, 1.82) is 0 Å². The molecule has 0 unspecified atom stereocenters. The predicted molar refractivity (Wildman–Crippen MR) is 75.8 cm³/mol. The van der Waals surface area contributed by atoms with E-state index in [9.17, 15) is 4.79 Å². The van der Waals surface area contributed by atoms with Gasteiger partial charge in [0.15, 0.2) is 6.61 Å². The molecule has 0 amide bonds. The molecule has 0 fully saturated rings. The Hall–Kier alpha value is -1.99. The van der Waals surface area contributed by atoms with Gasteiger partial charge in [-0.05, 0) is 35.4 Å². The lowest BCUT2D eigenvalue weighted by atomic mass is 10.3. The molecular formula is C13H10N2O3S2. The fourth-order valence-electron chi connectivity index (χ4n) is 1.59. The summed E-state index contributed by atoms with van der Waals surface area (Å²) in [6.07, 6.45) is 0. The highest BCUT2D eigenvalue weighted by atomic mass is 32.1. The van der Waals surface area contributed by atoms with Crippen molar-refractivity contribution in [3.05, 3.63) is 45.3 Å². The molecule has 0 radical (unpaired) electrons. The second-order valence-electron chi connectivity index (χ2n) is 3.99. The summed E-state index contributed by atoms with van der Waals surface area (Å²) in [5, 5.41) is 11.6. The molecule has 0 aliphatic carbocycles. The van der Waals surface area contributed by atoms with E-state index in [0.717, 1.165) is 10.4 Å². The summed E-state index contributed by atoms with van der Waals surface area (Å²) in [5.74, 6) is 0.364. The van der Waals surface area contributed by atoms with Crippen molar-refractivity contribution < 1.29 is 13.9 Å². The quantitative estimate of drug-likeness (QED) is 0.690. The summed E-state index contributed by atoms with van der Waals surface area (Å²) in [4.78, 5) is 13.3. The molecule has 0 atom stereocenters. The lowest BCUT2D eigenvalue weighted by Crippen LogP contribution is -2.04. The number of rotatable bonds is 4. The van der Waals surface area contributed by atoms with Gasteiger partial charge in [0.25, 0.3) is 11.8 Å². The molecule has 5 nitrogen and oxygen atoms in total. The number of aryl methyl sites for hydroxylation is 1. The Morgan fingerprint density at radius 3 is 2.90 bits per heavy atom. The first-order valence-electron chi connectivity index (χ1n) is 5.81. The molecule has 7 heteroatoms. The molecule has 20 heavy (non-hydrogen) atoms. The van der Waals surface area contributed by atoms with Crippen molar-refractivity contribution >= 4 is 28.6 Å². The molecule has 0 bridgehead atoms. The average molecular weight is 306 g/mol. The van der Waals surface area contributed by atoms with Crippen LogP contribution in [-0.4, -0.2) is 16.2 Å². The largest absolute Gasteiger partial charge is 0.451 e. The zero-order chi connectivity index (χ0) is 13.9. The number of carbonyl (C=O) groups is 1. The summed E-state index contributed by atoms with van der Waals surface area (Å²) < 4.78 is 10.6. The average Bonchev–Trinajstić information content (AvgIpc) is 3.16. The zero-order valence-electron chi connectivity index (χ0n) is 10.5. The van der Waals surface area contributed by atoms with Gasteiger partial charge >= 0.3 is 5.97 Å². The number of hydrogen-bond acceptors (Lipinski definition) is 7. The second kappa shape index (κ2) is 5.56. The van der Waals surface area contributed by atoms with Gasteiger partial charge in [-0.1, -0.05) is 6.07 Å². The van der Waals surface area contributed by atoms with Gasteiger partial charge in [-0.25, -0.2) is 4.79 Å². The van der Waals surface area contributed by atoms with E-state index in [1.807, 2.05) is 35.9 Å². The first-order valence-corrected chi connectivity index (χ1v) is 7.57. The fraction of sp³-hybridized carbons (Fsp3) is 0.154. The molecule has 102 valence electrons. The Morgan fingerprint density at radius 2 is 2.20 bits per heavy atom. The van der Waals surface area contributed by atoms with Crippen molar-refractivity contribution in [3.63, 3.8) is 0 Å². The van der Waals surface area contributed by atoms with E-state index in [1.165, 1.54) is 22.7 Å². The van der Waals surface area contributed by atoms with Gasteiger partial charge in [0.2, 0.25) is 0 Å². The molecule has 3 rings (SSSR count). The van der Waals surface area contributed by atoms with Crippen LogP contribution in [0.4, 0.5) is 0 Å². The van der Waals surface area contributed by atoms with E-state index >= 15 is 0 Å². The third-order valence-electron chi connectivity index (χ3n) is 2.57. The summed E-state index contributed by atoms with van der Waals surface area (Å²) in [6, 6.07) is 5.68. The maximum Gasteiger partial charge on any atom is 0.349 e. The van der Waals surface area contributed by atoms with Crippen LogP contribution in [0.15, 0.2) is 33.4 Å². The zero-order valence-corrected chi connectivity index (χ0v) is 12.2. The van der Waals surface area contributed by atoms with Crippen molar-refractivity contribution in [2.75, 3.05) is 0 Å². The van der Waals surface area contributed by atoms with Crippen LogP contribution in [0.2, 0.25) is 0 Å². The lowest BCUT2D eigenvalue weighted by molar-refractivity contribution is 0.0444. The Labute approximate surface area is 122 Å². The molecular weight excluding hydrogens is 296 g/mol. The molecule has 0 saturated carbocycles. The molecule has 0 aromatic carbocycles. The van der Waals surface area contributed by atoms with E-state index in [4.69, 9.17) is 9.15 Å². The second-order valence-corrected chi connectivity index (χ2v) is 5.85. The number of aromatic nitrogens is 2. The highest BCUT2D eigenvalue weighted by molar-refractivity contribution is 7.13. The van der Waals surface area contributed by atoms with Crippen molar-refractivity contribution in [1.82, 2.24) is 10.2 Å². The number of hydrogen-bond donors (Lipinski definition) is 0. The van der Waals surface area contributed by atoms with Crippen LogP contribution >= 0.6 is 22.7 Å². The van der Waals surface area contributed by atoms with Crippen molar-refractivity contribution in [2.45, 2.75) is 13.5 Å². The van der Waals surface area contributed by atoms with Gasteiger partial charge in [-0.2, -0.15) is 0 Å². The SMILES string of the molecule is Cc1ccsc1C(=O)OCc1nnc(-c2cccs2)o1. The monoisotopic (exact) mass is 306 g/mol. The first-order chi connectivity index (χ1) is 9.74. The van der Waals surface area contributed by atoms with Crippen LogP contribution in [0.3, 0.4) is 0 Å². The molecule has 0 aliphatic rings. The molecule has 0 N–H and O–H groups in total. The number of ether oxygens (including phenoxy) is 1. The Morgan fingerprint density at radius 1 is 1.30 bits per heavy atom. The fourth-order valence-corrected chi connectivity index (χ4v) is 3.05. The highest BCUT2D eigenvalue weighted by Gasteiger charge is 2.15. The molecule has 0 spiro atoms. The van der Waals surface area contributed by atoms with Gasteiger partial charge < -0.3 is 9.15 Å². The molecule has 3 aromatic rings. The number of thiophene rings is 2. The topological polar surface area (TPSA) is 65.2 Å². The van der Waals surface area contributed by atoms with E-state index in [0.29, 0.717) is 10.8 Å². The van der Waals surface area contributed by atoms with Crippen molar-refractivity contribution in [2.24, 2.45) is 0 Å². The summed E-state index contributed by atoms with van der Waals surface area (Å²) in [6.45, 7) is 1.85. The van der Waals surface area contributed by atoms with Gasteiger partial charge in [0, 0.05) is 0 Å². The predicted octanol–water partition coefficient (Wildman–Crippen LogP) is 3.53. The Balaban J connectivity index is 1.65. The van der Waals surface area contributed by atoms with Crippen LogP contribution in [0, 0.1) is 6.92 Å². The van der Waals surface area contributed by atoms with Crippen LogP contribution in [0.25, 0.3) is 10.8 Å². The third-order valence-corrected chi connectivity index (χ3v) is 4.43. The number of carbonyl (C=O) groups excluding carboxylic acids is 1. The minimum absolute atomic E-state index is 0.0193. The normalized spacial score (nSPS) is 10.7. The van der Waals surface area contributed by atoms with E-state index in [-0.39, 0.29) is 18.5 Å². The van der Waals surface area contributed by atoms with Crippen LogP contribution < -0.4 is 0 Å². The van der Waals surface area contributed by atoms with E-state index in [1.54, 1.807) is 0 Å². The molecule has 3 aromatic heterocycles. The highest BCUT2D eigenvalue weighted by Crippen LogP contribution is 2.23. The third kappa shape index (κ3) is 2.63. The number of esters is 1. The minimum atomic E-state index is -0.367. The van der Waals surface area contributed by atoms with Crippen LogP contribution in [0.5, 0.6) is 0 Å². The van der Waals surface area contributed by atoms with Gasteiger partial charge in [-0.3, -0.25) is 0 Å². The maximum absolute atomic E-state index is 11.8. The molecule has 3 heterocycles. The smallest absolute Gasteiger partial charge is 0.349 e. The van der Waals surface area contributed by atoms with Gasteiger partial charge in [0.05, 0.1) is 4.88 Å². The maximum atomic E-state index is 11.8. The van der Waals surface area contributed by atoms with E-state index in [2.05, 4.69) is 10.2 Å². The van der Waals surface area contributed by atoms with E-state index < -0.39 is 0 Å². The molecule has 0 aliphatic heterocycles. The van der Waals surface area contributed by atoms with Crippen LogP contribution in [-0.2, 0) is 11.3 Å². The molecule has 0 saturated heterocycles. The summed E-state index contributed by atoms with van der Waals surface area (Å²) in [5.41, 5.74) is 0.907.